The lowest BCUT2D eigenvalue weighted by Crippen LogP contribution is -2.38. The molecule has 0 aliphatic carbocycles. The molecule has 1 aromatic heterocycles. The van der Waals surface area contributed by atoms with Crippen molar-refractivity contribution in [2.24, 2.45) is 20.5 Å². The van der Waals surface area contributed by atoms with Gasteiger partial charge in [-0.25, -0.2) is 24.2 Å². The summed E-state index contributed by atoms with van der Waals surface area (Å²) in [4.78, 5) is 62.0. The van der Waals surface area contributed by atoms with E-state index in [9.17, 15) is 39.6 Å². The predicted octanol–water partition coefficient (Wildman–Crippen LogP) is 6.57. The zero-order valence-electron chi connectivity index (χ0n) is 31.9. The summed E-state index contributed by atoms with van der Waals surface area (Å²) in [5.41, 5.74) is 0.973. The van der Waals surface area contributed by atoms with Crippen LogP contribution in [0.15, 0.2) is 93.3 Å². The van der Waals surface area contributed by atoms with E-state index in [2.05, 4.69) is 36.1 Å². The Morgan fingerprint density at radius 2 is 0.967 bits per heavy atom. The van der Waals surface area contributed by atoms with Gasteiger partial charge in [0.25, 0.3) is 0 Å². The molecule has 6 rings (SSSR count). The van der Waals surface area contributed by atoms with Gasteiger partial charge in [0.05, 0.1) is 96.9 Å². The Bertz CT molecular complexity index is 2280. The standard InChI is InChI=1S/C39H36N10O11/c1-58-31-17-25(45-47-27-13-21(35(50)51)11-22(14-27)36(52)53)3-5-29(31)40-19-33-42-34(44-39(43-33)49-7-9-60-10-8-49)20-41-30-6-4-26(18-32(30)59-2)46-48-28-15-23(37(54)55)12-24(16-28)38(56)57/h3-6,11-18,40-41H,7-10,19-20H2,1-2H3,(H,50,51)(H,52,53)(H,54,55)(H,56,57). The maximum atomic E-state index is 11.5. The fourth-order valence-corrected chi connectivity index (χ4v) is 5.71. The van der Waals surface area contributed by atoms with E-state index < -0.39 is 23.9 Å². The molecule has 21 heteroatoms. The molecular formula is C39H36N10O11. The van der Waals surface area contributed by atoms with Crippen molar-refractivity contribution in [3.05, 3.63) is 107 Å². The van der Waals surface area contributed by atoms with Gasteiger partial charge in [-0.1, -0.05) is 0 Å². The topological polar surface area (TPSA) is 292 Å². The van der Waals surface area contributed by atoms with E-state index in [0.717, 1.165) is 12.1 Å². The van der Waals surface area contributed by atoms with Crippen LogP contribution in [0.2, 0.25) is 0 Å². The third-order valence-electron chi connectivity index (χ3n) is 8.64. The minimum Gasteiger partial charge on any atom is -0.495 e. The van der Waals surface area contributed by atoms with Crippen LogP contribution >= 0.6 is 0 Å². The number of methoxy groups -OCH3 is 2. The number of rotatable bonds is 17. The molecule has 1 fully saturated rings. The summed E-state index contributed by atoms with van der Waals surface area (Å²) in [6.07, 6.45) is 0. The highest BCUT2D eigenvalue weighted by atomic mass is 16.5. The van der Waals surface area contributed by atoms with Crippen LogP contribution < -0.4 is 25.0 Å². The molecule has 6 N–H and O–H groups in total. The van der Waals surface area contributed by atoms with Crippen molar-refractivity contribution in [1.82, 2.24) is 15.0 Å². The highest BCUT2D eigenvalue weighted by molar-refractivity contribution is 5.96. The number of azo groups is 2. The molecule has 0 spiro atoms. The molecule has 21 nitrogen and oxygen atoms in total. The van der Waals surface area contributed by atoms with Crippen molar-refractivity contribution in [1.29, 1.82) is 0 Å². The third-order valence-corrected chi connectivity index (χ3v) is 8.64. The Balaban J connectivity index is 1.18. The highest BCUT2D eigenvalue weighted by Crippen LogP contribution is 2.33. The number of benzene rings is 4. The van der Waals surface area contributed by atoms with E-state index in [-0.39, 0.29) is 46.7 Å². The van der Waals surface area contributed by atoms with Crippen LogP contribution in [0.5, 0.6) is 11.5 Å². The molecule has 4 aromatic carbocycles. The minimum atomic E-state index is -1.30. The number of nitrogens with one attached hydrogen (secondary N) is 2. The van der Waals surface area contributed by atoms with Crippen molar-refractivity contribution >= 4 is 63.9 Å². The number of hydrogen-bond acceptors (Lipinski definition) is 17. The molecule has 0 atom stereocenters. The number of hydrogen-bond donors (Lipinski definition) is 6. The molecule has 308 valence electrons. The summed E-state index contributed by atoms with van der Waals surface area (Å²) in [6, 6.07) is 16.8. The second-order valence-corrected chi connectivity index (χ2v) is 12.7. The fourth-order valence-electron chi connectivity index (χ4n) is 5.71. The normalized spacial score (nSPS) is 12.7. The highest BCUT2D eigenvalue weighted by Gasteiger charge is 2.18. The summed E-state index contributed by atoms with van der Waals surface area (Å²) in [6.45, 7) is 2.49. The number of aromatic carboxylic acids is 4. The molecule has 0 amide bonds. The molecule has 5 aromatic rings. The number of morpholine rings is 1. The van der Waals surface area contributed by atoms with Crippen LogP contribution in [-0.4, -0.2) is 99.8 Å². The molecule has 0 radical (unpaired) electrons. The summed E-state index contributed by atoms with van der Waals surface area (Å²) in [7, 11) is 2.95. The maximum absolute atomic E-state index is 11.5. The van der Waals surface area contributed by atoms with Gasteiger partial charge in [0, 0.05) is 25.2 Å². The van der Waals surface area contributed by atoms with Crippen molar-refractivity contribution < 1.29 is 53.8 Å². The monoisotopic (exact) mass is 820 g/mol. The fraction of sp³-hybridized carbons (Fsp3) is 0.205. The van der Waals surface area contributed by atoms with Gasteiger partial charge in [0.1, 0.15) is 11.5 Å². The molecule has 60 heavy (non-hydrogen) atoms. The van der Waals surface area contributed by atoms with Crippen LogP contribution in [0.3, 0.4) is 0 Å². The SMILES string of the molecule is COc1cc(N=Nc2cc(C(=O)O)cc(C(=O)O)c2)ccc1NCc1nc(CNc2ccc(N=Nc3cc(C(=O)O)cc(C(=O)O)c3)cc2OC)nc(N2CCOCC2)n1. The Morgan fingerprint density at radius 3 is 1.33 bits per heavy atom. The molecule has 1 aliphatic rings. The summed E-state index contributed by atoms with van der Waals surface area (Å²) < 4.78 is 16.7. The van der Waals surface area contributed by atoms with Gasteiger partial charge in [-0.2, -0.15) is 30.4 Å². The van der Waals surface area contributed by atoms with Crippen LogP contribution in [0.1, 0.15) is 53.1 Å². The first-order chi connectivity index (χ1) is 28.9. The van der Waals surface area contributed by atoms with Gasteiger partial charge >= 0.3 is 23.9 Å². The lowest BCUT2D eigenvalue weighted by atomic mass is 10.1. The zero-order valence-corrected chi connectivity index (χ0v) is 31.9. The number of nitrogens with zero attached hydrogens (tertiary/aromatic N) is 8. The number of ether oxygens (including phenoxy) is 3. The zero-order chi connectivity index (χ0) is 42.8. The largest absolute Gasteiger partial charge is 0.495 e. The molecule has 1 saturated heterocycles. The van der Waals surface area contributed by atoms with E-state index in [4.69, 9.17) is 24.2 Å². The molecule has 0 unspecified atom stereocenters. The second-order valence-electron chi connectivity index (χ2n) is 12.7. The van der Waals surface area contributed by atoms with Gasteiger partial charge in [-0.05, 0) is 60.7 Å². The van der Waals surface area contributed by atoms with Gasteiger partial charge in [0.2, 0.25) is 5.95 Å². The maximum Gasteiger partial charge on any atom is 0.335 e. The first kappa shape index (κ1) is 41.6. The van der Waals surface area contributed by atoms with Gasteiger partial charge in [-0.15, -0.1) is 0 Å². The van der Waals surface area contributed by atoms with Crippen molar-refractivity contribution in [2.45, 2.75) is 13.1 Å². The number of carboxylic acids is 4. The Hall–Kier alpha value is -8.07. The van der Waals surface area contributed by atoms with Crippen LogP contribution in [0, 0.1) is 0 Å². The Labute approximate surface area is 340 Å². The van der Waals surface area contributed by atoms with Crippen molar-refractivity contribution in [3.63, 3.8) is 0 Å². The van der Waals surface area contributed by atoms with Crippen molar-refractivity contribution in [2.75, 3.05) is 56.1 Å². The molecule has 1 aliphatic heterocycles. The molecule has 2 heterocycles. The average molecular weight is 821 g/mol. The smallest absolute Gasteiger partial charge is 0.335 e. The van der Waals surface area contributed by atoms with E-state index in [1.54, 1.807) is 36.4 Å². The first-order valence-corrected chi connectivity index (χ1v) is 17.9. The van der Waals surface area contributed by atoms with E-state index >= 15 is 0 Å². The molecule has 0 saturated carbocycles. The quantitative estimate of drug-likeness (QED) is 0.0540. The van der Waals surface area contributed by atoms with E-state index in [1.165, 1.54) is 38.5 Å². The lowest BCUT2D eigenvalue weighted by molar-refractivity contribution is 0.0676. The summed E-state index contributed by atoms with van der Waals surface area (Å²) in [5, 5.41) is 60.4. The molecular weight excluding hydrogens is 784 g/mol. The summed E-state index contributed by atoms with van der Waals surface area (Å²) in [5.74, 6) is -3.11. The third kappa shape index (κ3) is 10.7. The van der Waals surface area contributed by atoms with Crippen LogP contribution in [-0.2, 0) is 17.8 Å². The predicted molar refractivity (Wildman–Crippen MR) is 213 cm³/mol. The number of carbonyl (C=O) groups is 4. The Kier molecular flexibility index (Phi) is 13.1. The summed E-state index contributed by atoms with van der Waals surface area (Å²) >= 11 is 0. The van der Waals surface area contributed by atoms with E-state index in [0.29, 0.717) is 78.1 Å². The number of carboxylic acid groups (broad SMARTS) is 4. The van der Waals surface area contributed by atoms with Gasteiger partial charge in [-0.3, -0.25) is 0 Å². The number of aromatic nitrogens is 3. The molecule has 0 bridgehead atoms. The van der Waals surface area contributed by atoms with Crippen LogP contribution in [0.4, 0.5) is 40.1 Å². The first-order valence-electron chi connectivity index (χ1n) is 17.9. The van der Waals surface area contributed by atoms with Crippen molar-refractivity contribution in [3.8, 4) is 11.5 Å². The minimum absolute atomic E-state index is 0.0448. The number of anilines is 3. The Morgan fingerprint density at radius 1 is 0.583 bits per heavy atom. The van der Waals surface area contributed by atoms with E-state index in [1.807, 2.05) is 4.90 Å². The van der Waals surface area contributed by atoms with Crippen LogP contribution in [0.25, 0.3) is 0 Å². The second kappa shape index (κ2) is 18.9. The van der Waals surface area contributed by atoms with Gasteiger partial charge in [0.15, 0.2) is 11.6 Å². The lowest BCUT2D eigenvalue weighted by Gasteiger charge is -2.27. The average Bonchev–Trinajstić information content (AvgIpc) is 3.26. The van der Waals surface area contributed by atoms with Gasteiger partial charge < -0.3 is 50.2 Å².